The molecule has 8 heteroatoms. The first-order valence-corrected chi connectivity index (χ1v) is 9.71. The van der Waals surface area contributed by atoms with Gasteiger partial charge < -0.3 is 28.4 Å². The van der Waals surface area contributed by atoms with Crippen LogP contribution in [-0.4, -0.2) is 63.2 Å². The zero-order valence-corrected chi connectivity index (χ0v) is 16.0. The Hall–Kier alpha value is -1.74. The molecule has 1 aliphatic carbocycles. The molecule has 2 saturated heterocycles. The number of carbonyl (C=O) groups is 2. The molecule has 156 valence electrons. The van der Waals surface area contributed by atoms with E-state index < -0.39 is 12.6 Å². The van der Waals surface area contributed by atoms with Gasteiger partial charge in [0.1, 0.15) is 25.4 Å². The lowest BCUT2D eigenvalue weighted by atomic mass is 9.82. The predicted octanol–water partition coefficient (Wildman–Crippen LogP) is 1.73. The van der Waals surface area contributed by atoms with E-state index in [4.69, 9.17) is 28.4 Å². The average molecular weight is 396 g/mol. The Morgan fingerprint density at radius 1 is 0.786 bits per heavy atom. The maximum atomic E-state index is 12.2. The van der Waals surface area contributed by atoms with Gasteiger partial charge in [-0.15, -0.1) is 0 Å². The lowest BCUT2D eigenvalue weighted by Gasteiger charge is -2.26. The summed E-state index contributed by atoms with van der Waals surface area (Å²) in [5.74, 6) is -0.878. The minimum Gasteiger partial charge on any atom is -0.463 e. The van der Waals surface area contributed by atoms with Gasteiger partial charge in [-0.05, 0) is 37.8 Å². The van der Waals surface area contributed by atoms with Crippen molar-refractivity contribution in [3.05, 3.63) is 25.3 Å². The normalized spacial score (nSPS) is 35.3. The van der Waals surface area contributed by atoms with E-state index in [1.54, 1.807) is 12.2 Å². The van der Waals surface area contributed by atoms with Crippen LogP contribution in [0.3, 0.4) is 0 Å². The Morgan fingerprint density at radius 2 is 1.18 bits per heavy atom. The molecule has 0 aromatic rings. The fourth-order valence-electron chi connectivity index (χ4n) is 3.51. The molecular formula is C20H28O8. The largest absolute Gasteiger partial charge is 0.463 e. The van der Waals surface area contributed by atoms with E-state index in [-0.39, 0.29) is 49.2 Å². The molecule has 0 amide bonds. The summed E-state index contributed by atoms with van der Waals surface area (Å²) >= 11 is 0. The Bertz CT molecular complexity index is 519. The third kappa shape index (κ3) is 5.64. The molecule has 0 bridgehead atoms. The summed E-state index contributed by atoms with van der Waals surface area (Å²) in [5.41, 5.74) is 0. The molecule has 4 unspecified atom stereocenters. The molecule has 3 aliphatic rings. The second-order valence-electron chi connectivity index (χ2n) is 7.20. The number of rotatable bonds is 8. The van der Waals surface area contributed by atoms with Crippen molar-refractivity contribution in [1.82, 2.24) is 0 Å². The summed E-state index contributed by atoms with van der Waals surface area (Å²) in [4.78, 5) is 24.5. The van der Waals surface area contributed by atoms with Crippen LogP contribution >= 0.6 is 0 Å². The Kier molecular flexibility index (Phi) is 7.61. The highest BCUT2D eigenvalue weighted by Crippen LogP contribution is 2.31. The zero-order chi connectivity index (χ0) is 19.9. The minimum absolute atomic E-state index is 0.167. The van der Waals surface area contributed by atoms with Gasteiger partial charge in [-0.2, -0.15) is 0 Å². The summed E-state index contributed by atoms with van der Waals surface area (Å²) in [5, 5.41) is 0. The quantitative estimate of drug-likeness (QED) is 0.453. The highest BCUT2D eigenvalue weighted by molar-refractivity contribution is 5.75. The van der Waals surface area contributed by atoms with Gasteiger partial charge in [-0.3, -0.25) is 9.59 Å². The Labute approximate surface area is 164 Å². The van der Waals surface area contributed by atoms with Crippen LogP contribution in [0.5, 0.6) is 0 Å². The van der Waals surface area contributed by atoms with E-state index in [2.05, 4.69) is 13.2 Å². The lowest BCUT2D eigenvalue weighted by molar-refractivity contribution is -0.158. The molecule has 0 aromatic carbocycles. The second kappa shape index (κ2) is 10.2. The van der Waals surface area contributed by atoms with Crippen molar-refractivity contribution in [3.63, 3.8) is 0 Å². The summed E-state index contributed by atoms with van der Waals surface area (Å²) < 4.78 is 32.3. The number of esters is 2. The molecule has 8 nitrogen and oxygen atoms in total. The van der Waals surface area contributed by atoms with Crippen LogP contribution in [0.2, 0.25) is 0 Å². The molecular weight excluding hydrogens is 368 g/mol. The van der Waals surface area contributed by atoms with Crippen molar-refractivity contribution in [2.75, 3.05) is 26.4 Å². The topological polar surface area (TPSA) is 89.5 Å². The molecule has 1 saturated carbocycles. The fraction of sp³-hybridized carbons (Fsp3) is 0.700. The molecule has 0 radical (unpaired) electrons. The lowest BCUT2D eigenvalue weighted by Crippen LogP contribution is -2.31. The summed E-state index contributed by atoms with van der Waals surface area (Å²) in [7, 11) is 0. The first-order valence-electron chi connectivity index (χ1n) is 9.71. The first-order chi connectivity index (χ1) is 13.6. The molecule has 0 aromatic heterocycles. The molecule has 0 spiro atoms. The standard InChI is InChI=1S/C20H28O8/c1-3-17-23-9-15(27-17)11-25-19(21)13-5-7-14(8-6-13)20(22)26-12-16-10-24-18(4-2)28-16/h3-4,13-18H,1-2,5-12H2. The Balaban J connectivity index is 1.31. The van der Waals surface area contributed by atoms with Gasteiger partial charge in [0.05, 0.1) is 25.0 Å². The third-order valence-corrected chi connectivity index (χ3v) is 5.15. The fourth-order valence-corrected chi connectivity index (χ4v) is 3.51. The second-order valence-corrected chi connectivity index (χ2v) is 7.20. The van der Waals surface area contributed by atoms with E-state index in [1.807, 2.05) is 0 Å². The van der Waals surface area contributed by atoms with Gasteiger partial charge in [0, 0.05) is 0 Å². The van der Waals surface area contributed by atoms with Gasteiger partial charge in [-0.25, -0.2) is 0 Å². The smallest absolute Gasteiger partial charge is 0.309 e. The molecule has 0 N–H and O–H groups in total. The van der Waals surface area contributed by atoms with Crippen LogP contribution in [0.15, 0.2) is 25.3 Å². The molecule has 2 aliphatic heterocycles. The highest BCUT2D eigenvalue weighted by Gasteiger charge is 2.33. The zero-order valence-electron chi connectivity index (χ0n) is 16.0. The van der Waals surface area contributed by atoms with Crippen LogP contribution < -0.4 is 0 Å². The maximum absolute atomic E-state index is 12.2. The van der Waals surface area contributed by atoms with Gasteiger partial charge in [-0.1, -0.05) is 13.2 Å². The SMILES string of the molecule is C=CC1OCC(COC(=O)C2CCC(C(=O)OCC3COC(C=C)O3)CC2)O1. The van der Waals surface area contributed by atoms with E-state index in [9.17, 15) is 9.59 Å². The molecule has 2 heterocycles. The van der Waals surface area contributed by atoms with Gasteiger partial charge in [0.15, 0.2) is 12.6 Å². The third-order valence-electron chi connectivity index (χ3n) is 5.15. The number of ether oxygens (including phenoxy) is 6. The predicted molar refractivity (Wildman–Crippen MR) is 97.0 cm³/mol. The number of hydrogen-bond donors (Lipinski definition) is 0. The number of hydrogen-bond acceptors (Lipinski definition) is 8. The van der Waals surface area contributed by atoms with E-state index >= 15 is 0 Å². The molecule has 3 rings (SSSR count). The highest BCUT2D eigenvalue weighted by atomic mass is 16.7. The van der Waals surface area contributed by atoms with Gasteiger partial charge in [0.2, 0.25) is 0 Å². The van der Waals surface area contributed by atoms with Crippen LogP contribution in [0.1, 0.15) is 25.7 Å². The minimum atomic E-state index is -0.436. The van der Waals surface area contributed by atoms with Crippen molar-refractivity contribution in [1.29, 1.82) is 0 Å². The average Bonchev–Trinajstić information content (AvgIpc) is 3.39. The van der Waals surface area contributed by atoms with Crippen LogP contribution in [-0.2, 0) is 38.0 Å². The van der Waals surface area contributed by atoms with E-state index in [0.29, 0.717) is 38.9 Å². The van der Waals surface area contributed by atoms with E-state index in [1.165, 1.54) is 0 Å². The Morgan fingerprint density at radius 3 is 1.50 bits per heavy atom. The molecule has 28 heavy (non-hydrogen) atoms. The van der Waals surface area contributed by atoms with Crippen molar-refractivity contribution < 1.29 is 38.0 Å². The van der Waals surface area contributed by atoms with Gasteiger partial charge in [0.25, 0.3) is 0 Å². The summed E-state index contributed by atoms with van der Waals surface area (Å²) in [6.45, 7) is 8.29. The van der Waals surface area contributed by atoms with Crippen LogP contribution in [0.4, 0.5) is 0 Å². The summed E-state index contributed by atoms with van der Waals surface area (Å²) in [6, 6.07) is 0. The van der Waals surface area contributed by atoms with Crippen molar-refractivity contribution in [2.45, 2.75) is 50.5 Å². The molecule has 4 atom stereocenters. The first kappa shape index (κ1) is 21.0. The van der Waals surface area contributed by atoms with Crippen LogP contribution in [0, 0.1) is 11.8 Å². The monoisotopic (exact) mass is 396 g/mol. The van der Waals surface area contributed by atoms with Crippen molar-refractivity contribution in [2.24, 2.45) is 11.8 Å². The van der Waals surface area contributed by atoms with Gasteiger partial charge >= 0.3 is 11.9 Å². The van der Waals surface area contributed by atoms with Crippen LogP contribution in [0.25, 0.3) is 0 Å². The van der Waals surface area contributed by atoms with Crippen molar-refractivity contribution in [3.8, 4) is 0 Å². The van der Waals surface area contributed by atoms with E-state index in [0.717, 1.165) is 0 Å². The van der Waals surface area contributed by atoms with Crippen molar-refractivity contribution >= 4 is 11.9 Å². The number of carbonyl (C=O) groups excluding carboxylic acids is 2. The molecule has 3 fully saturated rings. The maximum Gasteiger partial charge on any atom is 0.309 e. The summed E-state index contributed by atoms with van der Waals surface area (Å²) in [6.07, 6.45) is 4.16.